The van der Waals surface area contributed by atoms with Gasteiger partial charge in [-0.15, -0.1) is 0 Å². The second-order valence-electron chi connectivity index (χ2n) is 7.36. The summed E-state index contributed by atoms with van der Waals surface area (Å²) in [6.07, 6.45) is 1.27. The number of likely N-dealkylation sites (tertiary alicyclic amines) is 1. The van der Waals surface area contributed by atoms with Gasteiger partial charge in [0.15, 0.2) is 0 Å². The first kappa shape index (κ1) is 18.2. The highest BCUT2D eigenvalue weighted by Crippen LogP contribution is 2.32. The van der Waals surface area contributed by atoms with Crippen molar-refractivity contribution < 1.29 is 14.3 Å². The molecule has 0 saturated carbocycles. The van der Waals surface area contributed by atoms with E-state index in [9.17, 15) is 9.59 Å². The Bertz CT molecular complexity index is 920. The molecule has 0 radical (unpaired) electrons. The Balaban J connectivity index is 1.41. The Morgan fingerprint density at radius 3 is 2.68 bits per heavy atom. The van der Waals surface area contributed by atoms with Crippen LogP contribution in [-0.2, 0) is 0 Å². The molecule has 1 spiro atoms. The van der Waals surface area contributed by atoms with Gasteiger partial charge in [-0.05, 0) is 31.2 Å². The first-order valence-electron chi connectivity index (χ1n) is 9.39. The van der Waals surface area contributed by atoms with Crippen LogP contribution >= 0.6 is 0 Å². The number of ether oxygens (including phenoxy) is 1. The second-order valence-corrected chi connectivity index (χ2v) is 7.36. The van der Waals surface area contributed by atoms with Crippen LogP contribution in [-0.4, -0.2) is 42.7 Å². The van der Waals surface area contributed by atoms with E-state index in [0.717, 1.165) is 11.3 Å². The number of hydrogen-bond donors (Lipinski definition) is 3. The summed E-state index contributed by atoms with van der Waals surface area (Å²) in [5.41, 5.74) is 2.76. The number of anilines is 2. The van der Waals surface area contributed by atoms with Crippen LogP contribution in [0.1, 0.15) is 28.8 Å². The number of hydrogen-bond acceptors (Lipinski definition) is 4. The molecule has 2 aliphatic rings. The van der Waals surface area contributed by atoms with E-state index in [-0.39, 0.29) is 11.9 Å². The minimum atomic E-state index is -0.508. The number of carbonyl (C=O) groups is 2. The molecule has 146 valence electrons. The normalized spacial score (nSPS) is 17.4. The molecular weight excluding hydrogens is 356 g/mol. The number of fused-ring (bicyclic) bond motifs is 1. The van der Waals surface area contributed by atoms with Gasteiger partial charge in [-0.2, -0.15) is 0 Å². The van der Waals surface area contributed by atoms with E-state index < -0.39 is 5.66 Å². The lowest BCUT2D eigenvalue weighted by molar-refractivity contribution is 0.0852. The number of nitrogens with one attached hydrogen (secondary N) is 3. The predicted molar refractivity (Wildman–Crippen MR) is 108 cm³/mol. The Kier molecular flexibility index (Phi) is 4.58. The molecule has 0 unspecified atom stereocenters. The third-order valence-electron chi connectivity index (χ3n) is 5.37. The molecule has 2 aromatic rings. The molecule has 28 heavy (non-hydrogen) atoms. The van der Waals surface area contributed by atoms with Crippen LogP contribution in [0.15, 0.2) is 42.5 Å². The first-order valence-corrected chi connectivity index (χ1v) is 9.39. The third kappa shape index (κ3) is 3.47. The highest BCUT2D eigenvalue weighted by Gasteiger charge is 2.41. The zero-order chi connectivity index (χ0) is 19.7. The van der Waals surface area contributed by atoms with Gasteiger partial charge >= 0.3 is 6.03 Å². The lowest BCUT2D eigenvalue weighted by atomic mass is 9.92. The van der Waals surface area contributed by atoms with Crippen molar-refractivity contribution in [3.05, 3.63) is 53.6 Å². The number of benzene rings is 2. The molecule has 1 fully saturated rings. The SMILES string of the molecule is COc1cccc(NC(=O)N2CCC3(CC2)NC(=O)c2cc(C)ccc2N3)c1. The first-order chi connectivity index (χ1) is 13.5. The van der Waals surface area contributed by atoms with Crippen molar-refractivity contribution in [3.63, 3.8) is 0 Å². The minimum Gasteiger partial charge on any atom is -0.497 e. The highest BCUT2D eigenvalue weighted by molar-refractivity contribution is 6.02. The highest BCUT2D eigenvalue weighted by atomic mass is 16.5. The van der Waals surface area contributed by atoms with E-state index in [1.807, 2.05) is 43.3 Å². The van der Waals surface area contributed by atoms with E-state index in [2.05, 4.69) is 16.0 Å². The lowest BCUT2D eigenvalue weighted by Crippen LogP contribution is -2.63. The number of aryl methyl sites for hydroxylation is 1. The van der Waals surface area contributed by atoms with Gasteiger partial charge in [-0.25, -0.2) is 4.79 Å². The quantitative estimate of drug-likeness (QED) is 0.747. The van der Waals surface area contributed by atoms with Crippen molar-refractivity contribution in [1.82, 2.24) is 10.2 Å². The molecule has 2 aliphatic heterocycles. The zero-order valence-corrected chi connectivity index (χ0v) is 16.0. The van der Waals surface area contributed by atoms with Crippen molar-refractivity contribution in [2.75, 3.05) is 30.8 Å². The molecule has 7 nitrogen and oxygen atoms in total. The third-order valence-corrected chi connectivity index (χ3v) is 5.37. The van der Waals surface area contributed by atoms with Crippen LogP contribution in [0.5, 0.6) is 5.75 Å². The summed E-state index contributed by atoms with van der Waals surface area (Å²) < 4.78 is 5.19. The van der Waals surface area contributed by atoms with Crippen molar-refractivity contribution >= 4 is 23.3 Å². The van der Waals surface area contributed by atoms with Crippen LogP contribution in [0.25, 0.3) is 0 Å². The summed E-state index contributed by atoms with van der Waals surface area (Å²) in [6, 6.07) is 13.0. The van der Waals surface area contributed by atoms with Crippen molar-refractivity contribution in [2.45, 2.75) is 25.4 Å². The zero-order valence-electron chi connectivity index (χ0n) is 16.0. The number of nitrogens with zero attached hydrogens (tertiary/aromatic N) is 1. The van der Waals surface area contributed by atoms with Gasteiger partial charge < -0.3 is 25.6 Å². The molecule has 2 heterocycles. The Morgan fingerprint density at radius 2 is 1.93 bits per heavy atom. The predicted octanol–water partition coefficient (Wildman–Crippen LogP) is 3.18. The maximum atomic E-state index is 12.6. The summed E-state index contributed by atoms with van der Waals surface area (Å²) >= 11 is 0. The molecule has 0 aromatic heterocycles. The van der Waals surface area contributed by atoms with E-state index in [0.29, 0.717) is 42.9 Å². The Morgan fingerprint density at radius 1 is 1.14 bits per heavy atom. The van der Waals surface area contributed by atoms with Crippen LogP contribution in [0.4, 0.5) is 16.2 Å². The summed E-state index contributed by atoms with van der Waals surface area (Å²) in [6.45, 7) is 3.06. The number of carbonyl (C=O) groups excluding carboxylic acids is 2. The number of methoxy groups -OCH3 is 1. The van der Waals surface area contributed by atoms with Crippen molar-refractivity contribution in [3.8, 4) is 5.75 Å². The van der Waals surface area contributed by atoms with Gasteiger partial charge in [-0.3, -0.25) is 4.79 Å². The van der Waals surface area contributed by atoms with Crippen molar-refractivity contribution in [2.24, 2.45) is 0 Å². The molecular formula is C21H24N4O3. The molecule has 4 rings (SSSR count). The van der Waals surface area contributed by atoms with E-state index in [1.165, 1.54) is 0 Å². The summed E-state index contributed by atoms with van der Waals surface area (Å²) in [7, 11) is 1.59. The van der Waals surface area contributed by atoms with Crippen LogP contribution < -0.4 is 20.7 Å². The molecule has 0 aliphatic carbocycles. The summed E-state index contributed by atoms with van der Waals surface area (Å²) in [5.74, 6) is 0.630. The Hall–Kier alpha value is -3.22. The fourth-order valence-corrected chi connectivity index (χ4v) is 3.77. The number of urea groups is 1. The average molecular weight is 380 g/mol. The lowest BCUT2D eigenvalue weighted by Gasteiger charge is -2.45. The van der Waals surface area contributed by atoms with Gasteiger partial charge in [0.25, 0.3) is 5.91 Å². The largest absolute Gasteiger partial charge is 0.497 e. The molecule has 0 atom stereocenters. The van der Waals surface area contributed by atoms with E-state index >= 15 is 0 Å². The maximum Gasteiger partial charge on any atom is 0.321 e. The second kappa shape index (κ2) is 7.07. The molecule has 1 saturated heterocycles. The summed E-state index contributed by atoms with van der Waals surface area (Å²) in [4.78, 5) is 26.9. The maximum absolute atomic E-state index is 12.6. The molecule has 2 aromatic carbocycles. The topological polar surface area (TPSA) is 82.7 Å². The van der Waals surface area contributed by atoms with Gasteiger partial charge in [0.2, 0.25) is 0 Å². The van der Waals surface area contributed by atoms with E-state index in [1.54, 1.807) is 18.1 Å². The standard InChI is InChI=1S/C21H24N4O3/c1-14-6-7-18-17(12-14)19(26)24-21(23-18)8-10-25(11-9-21)20(27)22-15-4-3-5-16(13-15)28-2/h3-7,12-13,23H,8-11H2,1-2H3,(H,22,27)(H,24,26). The molecule has 7 heteroatoms. The average Bonchev–Trinajstić information content (AvgIpc) is 2.69. The van der Waals surface area contributed by atoms with Crippen LogP contribution in [0.3, 0.4) is 0 Å². The number of amides is 3. The molecule has 0 bridgehead atoms. The fourth-order valence-electron chi connectivity index (χ4n) is 3.77. The number of piperidine rings is 1. The molecule has 3 amide bonds. The molecule has 3 N–H and O–H groups in total. The monoisotopic (exact) mass is 380 g/mol. The smallest absolute Gasteiger partial charge is 0.321 e. The number of rotatable bonds is 2. The van der Waals surface area contributed by atoms with Crippen LogP contribution in [0.2, 0.25) is 0 Å². The van der Waals surface area contributed by atoms with E-state index in [4.69, 9.17) is 4.74 Å². The fraction of sp³-hybridized carbons (Fsp3) is 0.333. The van der Waals surface area contributed by atoms with Crippen LogP contribution in [0, 0.1) is 6.92 Å². The van der Waals surface area contributed by atoms with Gasteiger partial charge in [-0.1, -0.05) is 17.7 Å². The minimum absolute atomic E-state index is 0.0632. The van der Waals surface area contributed by atoms with Crippen molar-refractivity contribution in [1.29, 1.82) is 0 Å². The Labute approximate surface area is 164 Å². The van der Waals surface area contributed by atoms with Gasteiger partial charge in [0.1, 0.15) is 11.4 Å². The van der Waals surface area contributed by atoms with Gasteiger partial charge in [0.05, 0.1) is 12.7 Å². The summed E-state index contributed by atoms with van der Waals surface area (Å²) in [5, 5.41) is 9.51. The van der Waals surface area contributed by atoms with Gasteiger partial charge in [0, 0.05) is 43.4 Å².